The molecule has 4 heterocycles. The fourth-order valence-corrected chi connectivity index (χ4v) is 10.8. The molecule has 0 spiro atoms. The molecule has 62 heavy (non-hydrogen) atoms. The molecule has 2 aliphatic carbocycles. The van der Waals surface area contributed by atoms with Crippen molar-refractivity contribution in [3.63, 3.8) is 0 Å². The quantitative estimate of drug-likeness (QED) is 0.0751. The van der Waals surface area contributed by atoms with E-state index in [1.165, 1.54) is 73.3 Å². The van der Waals surface area contributed by atoms with Crippen LogP contribution in [0.5, 0.6) is 11.5 Å². The van der Waals surface area contributed by atoms with Gasteiger partial charge in [0, 0.05) is 49.6 Å². The SMILES string of the molecule is O=C(NS(=O)(=O)c1ccc(NCC2CCOCC2)c([N+](=O)[O-])c1)c1ccc(-c2ccc(N3CC4CCCC4C3c3ccccc3C3CC3)cc2)cc1Oc1cnc2[nH]ccc2c1. The zero-order valence-corrected chi connectivity index (χ0v) is 35.0. The van der Waals surface area contributed by atoms with Crippen molar-refractivity contribution in [2.75, 3.05) is 36.5 Å². The minimum absolute atomic E-state index is 0.0480. The number of aromatic nitrogens is 2. The molecule has 2 aromatic heterocycles. The normalized spacial score (nSPS) is 20.3. The molecule has 3 N–H and O–H groups in total. The molecule has 1 amide bonds. The van der Waals surface area contributed by atoms with Crippen LogP contribution in [-0.2, 0) is 14.8 Å². The number of amides is 1. The molecule has 0 bridgehead atoms. The van der Waals surface area contributed by atoms with Crippen LogP contribution in [0.4, 0.5) is 17.1 Å². The van der Waals surface area contributed by atoms with E-state index in [0.29, 0.717) is 55.0 Å². The summed E-state index contributed by atoms with van der Waals surface area (Å²) in [5, 5.41) is 16.0. The lowest BCUT2D eigenvalue weighted by atomic mass is 9.86. The molecule has 4 fully saturated rings. The second-order valence-electron chi connectivity index (χ2n) is 17.1. The van der Waals surface area contributed by atoms with Crippen LogP contribution < -0.4 is 19.7 Å². The molecule has 13 nitrogen and oxygen atoms in total. The van der Waals surface area contributed by atoms with Gasteiger partial charge in [-0.2, -0.15) is 0 Å². The van der Waals surface area contributed by atoms with Crippen molar-refractivity contribution in [2.24, 2.45) is 17.8 Å². The van der Waals surface area contributed by atoms with Crippen LogP contribution in [-0.4, -0.2) is 55.5 Å². The minimum atomic E-state index is -4.56. The van der Waals surface area contributed by atoms with E-state index in [9.17, 15) is 23.3 Å². The van der Waals surface area contributed by atoms with Crippen LogP contribution >= 0.6 is 0 Å². The highest BCUT2D eigenvalue weighted by atomic mass is 32.2. The number of pyridine rings is 1. The third kappa shape index (κ3) is 8.00. The van der Waals surface area contributed by atoms with E-state index in [4.69, 9.17) is 9.47 Å². The Hall–Kier alpha value is -6.25. The largest absolute Gasteiger partial charge is 0.455 e. The van der Waals surface area contributed by atoms with Crippen molar-refractivity contribution < 1.29 is 27.6 Å². The summed E-state index contributed by atoms with van der Waals surface area (Å²) >= 11 is 0. The fraction of sp³-hybridized carbons (Fsp3) is 0.333. The Kier molecular flexibility index (Phi) is 10.6. The van der Waals surface area contributed by atoms with Gasteiger partial charge in [0.2, 0.25) is 0 Å². The van der Waals surface area contributed by atoms with Gasteiger partial charge in [-0.3, -0.25) is 14.9 Å². The number of benzene rings is 4. The summed E-state index contributed by atoms with van der Waals surface area (Å²) in [4.78, 5) is 35.1. The first-order valence-corrected chi connectivity index (χ1v) is 23.0. The number of H-pyrrole nitrogens is 1. The van der Waals surface area contributed by atoms with Crippen LogP contribution in [0.3, 0.4) is 0 Å². The van der Waals surface area contributed by atoms with Crippen molar-refractivity contribution >= 4 is 44.0 Å². The van der Waals surface area contributed by atoms with Gasteiger partial charge in [-0.1, -0.05) is 48.9 Å². The maximum Gasteiger partial charge on any atom is 0.293 e. The number of ether oxygens (including phenoxy) is 2. The molecule has 10 rings (SSSR count). The highest BCUT2D eigenvalue weighted by Gasteiger charge is 2.46. The first kappa shape index (κ1) is 39.9. The van der Waals surface area contributed by atoms with E-state index in [1.54, 1.807) is 24.4 Å². The molecule has 318 valence electrons. The Bertz CT molecular complexity index is 2760. The third-order valence-corrected chi connectivity index (χ3v) is 14.5. The Balaban J connectivity index is 0.929. The highest BCUT2D eigenvalue weighted by molar-refractivity contribution is 7.90. The van der Waals surface area contributed by atoms with E-state index >= 15 is 0 Å². The first-order chi connectivity index (χ1) is 30.2. The second-order valence-corrected chi connectivity index (χ2v) is 18.8. The van der Waals surface area contributed by atoms with E-state index in [2.05, 4.69) is 73.4 Å². The number of nitrogens with zero attached hydrogens (tertiary/aromatic N) is 3. The van der Waals surface area contributed by atoms with Gasteiger partial charge >= 0.3 is 0 Å². The summed E-state index contributed by atoms with van der Waals surface area (Å²) in [5.41, 5.74) is 6.21. The molecule has 2 saturated heterocycles. The number of nitro groups is 1. The molecule has 2 aliphatic heterocycles. The summed E-state index contributed by atoms with van der Waals surface area (Å²) in [6.07, 6.45) is 11.3. The van der Waals surface area contributed by atoms with Gasteiger partial charge in [-0.15, -0.1) is 0 Å². The van der Waals surface area contributed by atoms with Crippen molar-refractivity contribution in [3.8, 4) is 22.6 Å². The fourth-order valence-electron chi connectivity index (χ4n) is 9.86. The maximum atomic E-state index is 14.0. The first-order valence-electron chi connectivity index (χ1n) is 21.6. The minimum Gasteiger partial charge on any atom is -0.455 e. The number of carbonyl (C=O) groups is 1. The summed E-state index contributed by atoms with van der Waals surface area (Å²) in [7, 11) is -4.56. The average Bonchev–Trinajstić information content (AvgIpc) is 3.66. The summed E-state index contributed by atoms with van der Waals surface area (Å²) in [6, 6.07) is 30.1. The molecule has 4 aliphatic rings. The van der Waals surface area contributed by atoms with Crippen LogP contribution in [0, 0.1) is 27.9 Å². The van der Waals surface area contributed by atoms with Gasteiger partial charge in [0.25, 0.3) is 21.6 Å². The van der Waals surface area contributed by atoms with Crippen molar-refractivity contribution in [3.05, 3.63) is 136 Å². The number of carbonyl (C=O) groups excluding carboxylic acids is 1. The average molecular weight is 853 g/mol. The van der Waals surface area contributed by atoms with Crippen molar-refractivity contribution in [1.82, 2.24) is 14.7 Å². The predicted octanol–water partition coefficient (Wildman–Crippen LogP) is 9.74. The number of anilines is 2. The van der Waals surface area contributed by atoms with E-state index < -0.39 is 31.4 Å². The van der Waals surface area contributed by atoms with Crippen LogP contribution in [0.1, 0.15) is 78.4 Å². The number of aromatic amines is 1. The van der Waals surface area contributed by atoms with Crippen LogP contribution in [0.25, 0.3) is 22.2 Å². The molecule has 0 radical (unpaired) electrons. The molecule has 4 aromatic carbocycles. The Morgan fingerprint density at radius 2 is 1.69 bits per heavy atom. The van der Waals surface area contributed by atoms with Crippen molar-refractivity contribution in [2.45, 2.75) is 61.8 Å². The number of hydrogen-bond acceptors (Lipinski definition) is 10. The van der Waals surface area contributed by atoms with E-state index in [1.807, 2.05) is 6.07 Å². The van der Waals surface area contributed by atoms with Gasteiger partial charge in [0.15, 0.2) is 0 Å². The maximum absolute atomic E-state index is 14.0. The molecular formula is C48H48N6O7S. The van der Waals surface area contributed by atoms with Crippen molar-refractivity contribution in [1.29, 1.82) is 0 Å². The molecule has 14 heteroatoms. The van der Waals surface area contributed by atoms with Crippen LogP contribution in [0.15, 0.2) is 114 Å². The Morgan fingerprint density at radius 3 is 2.48 bits per heavy atom. The smallest absolute Gasteiger partial charge is 0.293 e. The lowest BCUT2D eigenvalue weighted by molar-refractivity contribution is -0.384. The monoisotopic (exact) mass is 852 g/mol. The summed E-state index contributed by atoms with van der Waals surface area (Å²) in [6.45, 7) is 2.77. The lowest BCUT2D eigenvalue weighted by Gasteiger charge is -2.32. The van der Waals surface area contributed by atoms with Gasteiger partial charge in [-0.05, 0) is 133 Å². The summed E-state index contributed by atoms with van der Waals surface area (Å²) in [5.74, 6) is 1.75. The predicted molar refractivity (Wildman–Crippen MR) is 237 cm³/mol. The van der Waals surface area contributed by atoms with Gasteiger partial charge in [0.05, 0.1) is 27.6 Å². The van der Waals surface area contributed by atoms with E-state index in [0.717, 1.165) is 42.0 Å². The molecule has 6 aromatic rings. The zero-order chi connectivity index (χ0) is 42.4. The number of sulfonamides is 1. The van der Waals surface area contributed by atoms with Crippen LogP contribution in [0.2, 0.25) is 0 Å². The highest BCUT2D eigenvalue weighted by Crippen LogP contribution is 2.54. The van der Waals surface area contributed by atoms with E-state index in [-0.39, 0.29) is 22.9 Å². The standard InChI is InChI=1S/C48H48N6O7S/c55-48(52-62(58,59)38-15-17-43(44(26-38)54(56)57)50-27-30-19-22-60-23-20-30)42-16-12-33(25-45(42)61-37-24-34-18-21-49-47(34)51-28-37)31-10-13-36(14-11-31)53-29-35-4-3-7-40(35)46(53)41-6-2-1-5-39(41)32-8-9-32/h1-2,5-6,10-18,21,24-26,28,30,32,35,40,46,50H,3-4,7-9,19-20,22-23,27,29H2,(H,49,51)(H,52,55). The summed E-state index contributed by atoms with van der Waals surface area (Å²) < 4.78 is 41.3. The van der Waals surface area contributed by atoms with Gasteiger partial charge in [0.1, 0.15) is 22.8 Å². The number of nitro benzene ring substituents is 1. The zero-order valence-electron chi connectivity index (χ0n) is 34.2. The topological polar surface area (TPSA) is 169 Å². The van der Waals surface area contributed by atoms with Gasteiger partial charge in [-0.25, -0.2) is 18.1 Å². The molecule has 2 saturated carbocycles. The molecule has 3 unspecified atom stereocenters. The number of hydrogen-bond donors (Lipinski definition) is 3. The lowest BCUT2D eigenvalue weighted by Crippen LogP contribution is -2.31. The number of rotatable bonds is 13. The second kappa shape index (κ2) is 16.6. The molecule has 3 atom stereocenters. The number of nitrogens with one attached hydrogen (secondary N) is 3. The Morgan fingerprint density at radius 1 is 0.903 bits per heavy atom. The number of fused-ring (bicyclic) bond motifs is 2. The van der Waals surface area contributed by atoms with Gasteiger partial charge < -0.3 is 24.7 Å². The third-order valence-electron chi connectivity index (χ3n) is 13.2. The molecular weight excluding hydrogens is 805 g/mol. The Labute approximate surface area is 360 Å².